The molecule has 0 saturated carbocycles. The fraction of sp³-hybridized carbons (Fsp3) is 0.111. The highest BCUT2D eigenvalue weighted by Gasteiger charge is 2.12. The van der Waals surface area contributed by atoms with Crippen molar-refractivity contribution >= 4 is 18.7 Å². The van der Waals surface area contributed by atoms with Gasteiger partial charge in [0.05, 0.1) is 0 Å². The topological polar surface area (TPSA) is 52.5 Å². The fourth-order valence-electron chi connectivity index (χ4n) is 1.41. The second-order valence-electron chi connectivity index (χ2n) is 3.05. The zero-order chi connectivity index (χ0) is 9.26. The second kappa shape index (κ2) is 3.24. The number of benzene rings is 1. The Bertz CT molecular complexity index is 349. The largest absolute Gasteiger partial charge is 0.488 e. The average Bonchev–Trinajstić information content (AvgIpc) is 2.17. The molecule has 0 spiro atoms. The van der Waals surface area contributed by atoms with Gasteiger partial charge >= 0.3 is 7.12 Å². The maximum absolute atomic E-state index is 8.94. The summed E-state index contributed by atoms with van der Waals surface area (Å²) in [5.74, 6) is 0. The summed E-state index contributed by atoms with van der Waals surface area (Å²) < 4.78 is 0. The van der Waals surface area contributed by atoms with Gasteiger partial charge in [-0.05, 0) is 28.9 Å². The van der Waals surface area contributed by atoms with Crippen LogP contribution < -0.4 is 10.8 Å². The molecule has 1 aliphatic heterocycles. The van der Waals surface area contributed by atoms with Crippen molar-refractivity contribution in [2.45, 2.75) is 6.54 Å². The fourth-order valence-corrected chi connectivity index (χ4v) is 1.41. The van der Waals surface area contributed by atoms with Crippen molar-refractivity contribution in [3.05, 3.63) is 35.5 Å². The molecule has 2 rings (SSSR count). The molecule has 3 nitrogen and oxygen atoms in total. The summed E-state index contributed by atoms with van der Waals surface area (Å²) in [4.78, 5) is 0. The van der Waals surface area contributed by atoms with E-state index in [0.717, 1.165) is 12.1 Å². The van der Waals surface area contributed by atoms with E-state index < -0.39 is 7.12 Å². The van der Waals surface area contributed by atoms with E-state index in [0.29, 0.717) is 5.46 Å². The Labute approximate surface area is 76.9 Å². The minimum Gasteiger partial charge on any atom is -0.423 e. The van der Waals surface area contributed by atoms with E-state index in [-0.39, 0.29) is 0 Å². The van der Waals surface area contributed by atoms with E-state index in [1.54, 1.807) is 12.1 Å². The van der Waals surface area contributed by atoms with Crippen molar-refractivity contribution < 1.29 is 10.0 Å². The van der Waals surface area contributed by atoms with Crippen LogP contribution >= 0.6 is 0 Å². The summed E-state index contributed by atoms with van der Waals surface area (Å²) in [5, 5.41) is 21.0. The van der Waals surface area contributed by atoms with Crippen LogP contribution in [-0.2, 0) is 6.54 Å². The maximum atomic E-state index is 8.94. The van der Waals surface area contributed by atoms with Gasteiger partial charge < -0.3 is 15.4 Å². The molecule has 0 aliphatic carbocycles. The zero-order valence-corrected chi connectivity index (χ0v) is 7.07. The molecular weight excluding hydrogens is 165 g/mol. The van der Waals surface area contributed by atoms with Gasteiger partial charge in [0.2, 0.25) is 0 Å². The molecule has 1 aromatic rings. The van der Waals surface area contributed by atoms with Crippen molar-refractivity contribution in [1.82, 2.24) is 5.32 Å². The SMILES string of the molecule is OB(O)c1ccc2c(c1)C=CNC2. The van der Waals surface area contributed by atoms with Gasteiger partial charge in [-0.15, -0.1) is 0 Å². The number of rotatable bonds is 1. The lowest BCUT2D eigenvalue weighted by molar-refractivity contribution is 0.426. The summed E-state index contributed by atoms with van der Waals surface area (Å²) in [6.45, 7) is 0.799. The summed E-state index contributed by atoms with van der Waals surface area (Å²) in [6.07, 6.45) is 3.78. The molecule has 0 radical (unpaired) electrons. The highest BCUT2D eigenvalue weighted by molar-refractivity contribution is 6.58. The molecule has 13 heavy (non-hydrogen) atoms. The molecule has 4 heteroatoms. The molecule has 0 unspecified atom stereocenters. The third-order valence-corrected chi connectivity index (χ3v) is 2.14. The van der Waals surface area contributed by atoms with Gasteiger partial charge in [-0.2, -0.15) is 0 Å². The Morgan fingerprint density at radius 1 is 1.31 bits per heavy atom. The highest BCUT2D eigenvalue weighted by atomic mass is 16.4. The van der Waals surface area contributed by atoms with E-state index >= 15 is 0 Å². The molecule has 0 fully saturated rings. The van der Waals surface area contributed by atoms with Crippen LogP contribution in [0.25, 0.3) is 6.08 Å². The van der Waals surface area contributed by atoms with E-state index in [1.165, 1.54) is 5.56 Å². The Balaban J connectivity index is 2.43. The molecule has 0 amide bonds. The summed E-state index contributed by atoms with van der Waals surface area (Å²) in [5.41, 5.74) is 2.75. The van der Waals surface area contributed by atoms with Crippen molar-refractivity contribution in [1.29, 1.82) is 0 Å². The quantitative estimate of drug-likeness (QED) is 0.501. The first-order valence-corrected chi connectivity index (χ1v) is 4.16. The summed E-state index contributed by atoms with van der Waals surface area (Å²) in [6, 6.07) is 5.42. The smallest absolute Gasteiger partial charge is 0.423 e. The minimum absolute atomic E-state index is 0.533. The molecule has 66 valence electrons. The Hall–Kier alpha value is -1.26. The van der Waals surface area contributed by atoms with Crippen LogP contribution in [0, 0.1) is 0 Å². The predicted octanol–water partition coefficient (Wildman–Crippen LogP) is -0.560. The van der Waals surface area contributed by atoms with Crippen LogP contribution in [0.5, 0.6) is 0 Å². The number of hydrogen-bond donors (Lipinski definition) is 3. The molecule has 3 N–H and O–H groups in total. The van der Waals surface area contributed by atoms with Gasteiger partial charge in [-0.3, -0.25) is 0 Å². The summed E-state index contributed by atoms with van der Waals surface area (Å²) in [7, 11) is -1.38. The maximum Gasteiger partial charge on any atom is 0.488 e. The molecule has 0 saturated heterocycles. The zero-order valence-electron chi connectivity index (χ0n) is 7.07. The molecule has 0 aromatic heterocycles. The van der Waals surface area contributed by atoms with Crippen molar-refractivity contribution in [3.8, 4) is 0 Å². The van der Waals surface area contributed by atoms with E-state index in [2.05, 4.69) is 5.32 Å². The number of nitrogens with one attached hydrogen (secondary N) is 1. The van der Waals surface area contributed by atoms with Gasteiger partial charge in [0, 0.05) is 6.54 Å². The number of fused-ring (bicyclic) bond motifs is 1. The van der Waals surface area contributed by atoms with Gasteiger partial charge in [0.25, 0.3) is 0 Å². The van der Waals surface area contributed by atoms with Crippen LogP contribution in [0.1, 0.15) is 11.1 Å². The van der Waals surface area contributed by atoms with Crippen molar-refractivity contribution in [2.24, 2.45) is 0 Å². The average molecular weight is 175 g/mol. The first kappa shape index (κ1) is 8.35. The lowest BCUT2D eigenvalue weighted by atomic mass is 9.78. The van der Waals surface area contributed by atoms with E-state index in [9.17, 15) is 0 Å². The molecule has 1 aliphatic rings. The van der Waals surface area contributed by atoms with Crippen molar-refractivity contribution in [2.75, 3.05) is 0 Å². The van der Waals surface area contributed by atoms with E-state index in [4.69, 9.17) is 10.0 Å². The van der Waals surface area contributed by atoms with Crippen LogP contribution in [0.3, 0.4) is 0 Å². The molecule has 0 bridgehead atoms. The van der Waals surface area contributed by atoms with Crippen molar-refractivity contribution in [3.63, 3.8) is 0 Å². The lowest BCUT2D eigenvalue weighted by Crippen LogP contribution is -2.30. The Kier molecular flexibility index (Phi) is 2.08. The van der Waals surface area contributed by atoms with E-state index in [1.807, 2.05) is 18.3 Å². The van der Waals surface area contributed by atoms with Crippen LogP contribution in [-0.4, -0.2) is 17.2 Å². The van der Waals surface area contributed by atoms with Crippen LogP contribution in [0.15, 0.2) is 24.4 Å². The molecular formula is C9H10BNO2. The normalized spacial score (nSPS) is 13.4. The highest BCUT2D eigenvalue weighted by Crippen LogP contribution is 2.12. The standard InChI is InChI=1S/C9H10BNO2/c12-10(13)9-2-1-8-6-11-4-3-7(8)5-9/h1-5,11-13H,6H2. The lowest BCUT2D eigenvalue weighted by Gasteiger charge is -2.12. The first-order valence-electron chi connectivity index (χ1n) is 4.16. The summed E-state index contributed by atoms with van der Waals surface area (Å²) >= 11 is 0. The second-order valence-corrected chi connectivity index (χ2v) is 3.05. The van der Waals surface area contributed by atoms with Gasteiger partial charge in [0.1, 0.15) is 0 Å². The van der Waals surface area contributed by atoms with Crippen LogP contribution in [0.2, 0.25) is 0 Å². The first-order chi connectivity index (χ1) is 6.27. The Morgan fingerprint density at radius 2 is 2.15 bits per heavy atom. The minimum atomic E-state index is -1.38. The third-order valence-electron chi connectivity index (χ3n) is 2.14. The number of hydrogen-bond acceptors (Lipinski definition) is 3. The predicted molar refractivity (Wildman–Crippen MR) is 52.1 cm³/mol. The molecule has 1 aromatic carbocycles. The molecule has 1 heterocycles. The van der Waals surface area contributed by atoms with Gasteiger partial charge in [0.15, 0.2) is 0 Å². The third kappa shape index (κ3) is 1.59. The Morgan fingerprint density at radius 3 is 2.92 bits per heavy atom. The monoisotopic (exact) mass is 175 g/mol. The van der Waals surface area contributed by atoms with Gasteiger partial charge in [-0.25, -0.2) is 0 Å². The molecule has 0 atom stereocenters. The van der Waals surface area contributed by atoms with Gasteiger partial charge in [-0.1, -0.05) is 18.2 Å². The van der Waals surface area contributed by atoms with Crippen LogP contribution in [0.4, 0.5) is 0 Å².